The van der Waals surface area contributed by atoms with Crippen molar-refractivity contribution in [1.82, 2.24) is 10.6 Å². The summed E-state index contributed by atoms with van der Waals surface area (Å²) < 4.78 is 11.9. The van der Waals surface area contributed by atoms with Gasteiger partial charge in [0.05, 0.1) is 23.2 Å². The lowest BCUT2D eigenvalue weighted by molar-refractivity contribution is -0.120. The van der Waals surface area contributed by atoms with Gasteiger partial charge in [-0.25, -0.2) is 0 Å². The average Bonchev–Trinajstić information content (AvgIpc) is 2.65. The smallest absolute Gasteiger partial charge is 0.253 e. The highest BCUT2D eigenvalue weighted by Crippen LogP contribution is 2.37. The molecule has 0 saturated carbocycles. The van der Waals surface area contributed by atoms with Crippen LogP contribution < -0.4 is 20.1 Å². The largest absolute Gasteiger partial charge is 0.486 e. The Morgan fingerprint density at radius 2 is 1.82 bits per heavy atom. The minimum absolute atomic E-state index is 0.190. The molecule has 3 rings (SSSR count). The van der Waals surface area contributed by atoms with Crippen LogP contribution in [-0.2, 0) is 4.79 Å². The Balaban J connectivity index is 1.59. The van der Waals surface area contributed by atoms with Crippen LogP contribution in [0, 0.1) is 0 Å². The van der Waals surface area contributed by atoms with Crippen LogP contribution in [0.2, 0.25) is 10.0 Å². The molecule has 1 atom stereocenters. The third-order valence-corrected chi connectivity index (χ3v) is 5.33. The third-order valence-electron chi connectivity index (χ3n) is 4.09. The first-order valence-corrected chi connectivity index (χ1v) is 10.0. The first-order valence-electron chi connectivity index (χ1n) is 8.47. The van der Waals surface area contributed by atoms with Crippen LogP contribution in [0.1, 0.15) is 28.9 Å². The van der Waals surface area contributed by atoms with Gasteiger partial charge >= 0.3 is 0 Å². The minimum atomic E-state index is -0.454. The Bertz CT molecular complexity index is 923. The summed E-state index contributed by atoms with van der Waals surface area (Å²) in [6.07, 6.45) is 0. The number of hydrogen-bond acceptors (Lipinski definition) is 4. The van der Waals surface area contributed by atoms with E-state index in [1.807, 2.05) is 19.1 Å². The number of nitrogens with one attached hydrogen (secondary N) is 2. The molecule has 9 heteroatoms. The lowest BCUT2D eigenvalue weighted by atomic mass is 10.1. The summed E-state index contributed by atoms with van der Waals surface area (Å²) in [5.74, 6) is 0.501. The van der Waals surface area contributed by atoms with E-state index >= 15 is 0 Å². The van der Waals surface area contributed by atoms with Crippen molar-refractivity contribution >= 4 is 50.9 Å². The number of rotatable bonds is 5. The number of halogens is 3. The molecular weight excluding hydrogens is 471 g/mol. The zero-order valence-electron chi connectivity index (χ0n) is 14.9. The van der Waals surface area contributed by atoms with Crippen molar-refractivity contribution in [3.05, 3.63) is 56.0 Å². The Labute approximate surface area is 180 Å². The van der Waals surface area contributed by atoms with Crippen molar-refractivity contribution in [1.29, 1.82) is 0 Å². The summed E-state index contributed by atoms with van der Waals surface area (Å²) >= 11 is 15.3. The van der Waals surface area contributed by atoms with Gasteiger partial charge in [0.2, 0.25) is 5.91 Å². The second-order valence-corrected chi connectivity index (χ2v) is 7.81. The van der Waals surface area contributed by atoms with E-state index in [0.717, 1.165) is 10.0 Å². The molecule has 0 spiro atoms. The van der Waals surface area contributed by atoms with E-state index < -0.39 is 5.91 Å². The highest BCUT2D eigenvalue weighted by molar-refractivity contribution is 9.10. The summed E-state index contributed by atoms with van der Waals surface area (Å²) in [4.78, 5) is 24.4. The molecule has 2 aromatic carbocycles. The first-order chi connectivity index (χ1) is 13.3. The number of ether oxygens (including phenoxy) is 2. The van der Waals surface area contributed by atoms with Crippen molar-refractivity contribution < 1.29 is 19.1 Å². The van der Waals surface area contributed by atoms with Gasteiger partial charge in [0, 0.05) is 9.50 Å². The molecule has 2 aromatic rings. The first kappa shape index (κ1) is 20.8. The summed E-state index contributed by atoms with van der Waals surface area (Å²) in [5, 5.41) is 6.04. The predicted molar refractivity (Wildman–Crippen MR) is 110 cm³/mol. The van der Waals surface area contributed by atoms with Gasteiger partial charge in [0.15, 0.2) is 11.5 Å². The van der Waals surface area contributed by atoms with E-state index in [1.165, 1.54) is 12.1 Å². The standard InChI is InChI=1S/C19H17BrCl2N2O4/c1-10(13-7-16-17(8-14(13)20)28-5-4-27-16)24-18(25)9-23-19(26)12-3-2-11(21)6-15(12)22/h2-3,6-8,10H,4-5,9H2,1H3,(H,23,26)(H,24,25). The number of amides is 2. The van der Waals surface area contributed by atoms with Crippen LogP contribution in [0.25, 0.3) is 0 Å². The monoisotopic (exact) mass is 486 g/mol. The Morgan fingerprint density at radius 3 is 2.50 bits per heavy atom. The van der Waals surface area contributed by atoms with E-state index in [2.05, 4.69) is 26.6 Å². The molecule has 0 radical (unpaired) electrons. The zero-order valence-corrected chi connectivity index (χ0v) is 18.0. The molecular formula is C19H17BrCl2N2O4. The Kier molecular flexibility index (Phi) is 6.69. The van der Waals surface area contributed by atoms with Gasteiger partial charge in [-0.3, -0.25) is 9.59 Å². The summed E-state index contributed by atoms with van der Waals surface area (Å²) in [6, 6.07) is 7.87. The number of benzene rings is 2. The number of hydrogen-bond donors (Lipinski definition) is 2. The third kappa shape index (κ3) is 4.90. The quantitative estimate of drug-likeness (QED) is 0.664. The minimum Gasteiger partial charge on any atom is -0.486 e. The van der Waals surface area contributed by atoms with Gasteiger partial charge in [-0.2, -0.15) is 0 Å². The zero-order chi connectivity index (χ0) is 20.3. The normalized spacial score (nSPS) is 13.6. The van der Waals surface area contributed by atoms with E-state index in [4.69, 9.17) is 32.7 Å². The number of carbonyl (C=O) groups excluding carboxylic acids is 2. The molecule has 1 aliphatic rings. The fraction of sp³-hybridized carbons (Fsp3) is 0.263. The van der Waals surface area contributed by atoms with Crippen molar-refractivity contribution in [3.63, 3.8) is 0 Å². The highest BCUT2D eigenvalue weighted by atomic mass is 79.9. The van der Waals surface area contributed by atoms with Gasteiger partial charge in [-0.15, -0.1) is 0 Å². The fourth-order valence-electron chi connectivity index (χ4n) is 2.71. The molecule has 0 fully saturated rings. The van der Waals surface area contributed by atoms with Crippen LogP contribution in [0.15, 0.2) is 34.8 Å². The second-order valence-electron chi connectivity index (χ2n) is 6.11. The molecule has 0 bridgehead atoms. The maximum Gasteiger partial charge on any atom is 0.253 e. The van der Waals surface area contributed by atoms with Crippen molar-refractivity contribution in [3.8, 4) is 11.5 Å². The van der Waals surface area contributed by atoms with Crippen LogP contribution in [-0.4, -0.2) is 31.6 Å². The number of fused-ring (bicyclic) bond motifs is 1. The van der Waals surface area contributed by atoms with E-state index in [0.29, 0.717) is 29.7 Å². The molecule has 0 aromatic heterocycles. The van der Waals surface area contributed by atoms with Crippen molar-refractivity contribution in [2.45, 2.75) is 13.0 Å². The van der Waals surface area contributed by atoms with E-state index in [-0.39, 0.29) is 29.1 Å². The molecule has 1 heterocycles. The Hall–Kier alpha value is -1.96. The van der Waals surface area contributed by atoms with Gasteiger partial charge in [0.1, 0.15) is 13.2 Å². The topological polar surface area (TPSA) is 76.7 Å². The molecule has 2 amide bonds. The lowest BCUT2D eigenvalue weighted by Gasteiger charge is -2.22. The maximum atomic E-state index is 12.3. The molecule has 0 aliphatic carbocycles. The molecule has 6 nitrogen and oxygen atoms in total. The lowest BCUT2D eigenvalue weighted by Crippen LogP contribution is -2.38. The second kappa shape index (κ2) is 9.03. The van der Waals surface area contributed by atoms with Crippen molar-refractivity contribution in [2.24, 2.45) is 0 Å². The molecule has 2 N–H and O–H groups in total. The molecule has 148 valence electrons. The highest BCUT2D eigenvalue weighted by Gasteiger charge is 2.20. The molecule has 0 saturated heterocycles. The van der Waals surface area contributed by atoms with Gasteiger partial charge in [-0.05, 0) is 42.8 Å². The van der Waals surface area contributed by atoms with Gasteiger partial charge < -0.3 is 20.1 Å². The maximum absolute atomic E-state index is 12.3. The number of carbonyl (C=O) groups is 2. The summed E-state index contributed by atoms with van der Waals surface area (Å²) in [7, 11) is 0. The Morgan fingerprint density at radius 1 is 1.14 bits per heavy atom. The molecule has 1 unspecified atom stereocenters. The average molecular weight is 488 g/mol. The summed E-state index contributed by atoms with van der Waals surface area (Å²) in [5.41, 5.74) is 1.09. The van der Waals surface area contributed by atoms with E-state index in [1.54, 1.807) is 6.07 Å². The summed E-state index contributed by atoms with van der Waals surface area (Å²) in [6.45, 7) is 2.63. The SMILES string of the molecule is CC(NC(=O)CNC(=O)c1ccc(Cl)cc1Cl)c1cc2c(cc1Br)OCCO2. The van der Waals surface area contributed by atoms with Gasteiger partial charge in [-0.1, -0.05) is 39.1 Å². The van der Waals surface area contributed by atoms with Crippen LogP contribution in [0.3, 0.4) is 0 Å². The van der Waals surface area contributed by atoms with Crippen LogP contribution >= 0.6 is 39.1 Å². The van der Waals surface area contributed by atoms with E-state index in [9.17, 15) is 9.59 Å². The molecule has 1 aliphatic heterocycles. The van der Waals surface area contributed by atoms with Crippen LogP contribution in [0.4, 0.5) is 0 Å². The predicted octanol–water partition coefficient (Wildman–Crippen LogP) is 4.13. The fourth-order valence-corrected chi connectivity index (χ4v) is 3.87. The molecule has 28 heavy (non-hydrogen) atoms. The van der Waals surface area contributed by atoms with Gasteiger partial charge in [0.25, 0.3) is 5.91 Å². The van der Waals surface area contributed by atoms with Crippen molar-refractivity contribution in [2.75, 3.05) is 19.8 Å². The van der Waals surface area contributed by atoms with Crippen LogP contribution in [0.5, 0.6) is 11.5 Å².